The Morgan fingerprint density at radius 2 is 2.60 bits per heavy atom. The molecule has 2 unspecified atom stereocenters. The summed E-state index contributed by atoms with van der Waals surface area (Å²) in [5, 5.41) is 7.62. The van der Waals surface area contributed by atoms with Gasteiger partial charge < -0.3 is 5.41 Å². The van der Waals surface area contributed by atoms with Gasteiger partial charge in [-0.15, -0.1) is 6.58 Å². The van der Waals surface area contributed by atoms with Crippen LogP contribution in [-0.4, -0.2) is 5.71 Å². The molecule has 0 aliphatic heterocycles. The van der Waals surface area contributed by atoms with E-state index in [0.717, 1.165) is 5.71 Å². The Hall–Kier alpha value is -0.590. The van der Waals surface area contributed by atoms with Crippen molar-refractivity contribution in [2.45, 2.75) is 19.8 Å². The van der Waals surface area contributed by atoms with Crippen LogP contribution in [-0.2, 0) is 0 Å². The van der Waals surface area contributed by atoms with Crippen molar-refractivity contribution in [2.75, 3.05) is 0 Å². The van der Waals surface area contributed by atoms with E-state index in [2.05, 4.69) is 13.5 Å². The molecule has 1 nitrogen and oxygen atoms in total. The summed E-state index contributed by atoms with van der Waals surface area (Å²) in [6, 6.07) is 0. The summed E-state index contributed by atoms with van der Waals surface area (Å²) in [6.45, 7) is 5.95. The molecule has 0 bridgehead atoms. The van der Waals surface area contributed by atoms with Gasteiger partial charge in [0.2, 0.25) is 0 Å². The van der Waals surface area contributed by atoms with Crippen molar-refractivity contribution in [3.8, 4) is 0 Å². The summed E-state index contributed by atoms with van der Waals surface area (Å²) in [4.78, 5) is 0. The Bertz CT molecular complexity index is 207. The first-order chi connectivity index (χ1) is 4.76. The van der Waals surface area contributed by atoms with E-state index in [0.29, 0.717) is 17.3 Å². The lowest BCUT2D eigenvalue weighted by Gasteiger charge is -2.29. The molecular weight excluding hydrogens is 122 g/mol. The zero-order valence-electron chi connectivity index (χ0n) is 6.35. The number of hydrogen-bond donors (Lipinski definition) is 1. The van der Waals surface area contributed by atoms with E-state index in [1.807, 2.05) is 6.08 Å². The van der Waals surface area contributed by atoms with Crippen LogP contribution in [0.5, 0.6) is 0 Å². The average molecular weight is 135 g/mol. The second-order valence-electron chi connectivity index (χ2n) is 3.50. The van der Waals surface area contributed by atoms with E-state index < -0.39 is 0 Å². The molecule has 1 heteroatoms. The van der Waals surface area contributed by atoms with E-state index in [1.54, 1.807) is 0 Å². The molecule has 0 heterocycles. The molecule has 2 fully saturated rings. The Morgan fingerprint density at radius 1 is 1.90 bits per heavy atom. The van der Waals surface area contributed by atoms with Crippen LogP contribution in [0.15, 0.2) is 12.7 Å². The summed E-state index contributed by atoms with van der Waals surface area (Å²) in [5.74, 6) is 1.25. The fourth-order valence-electron chi connectivity index (χ4n) is 2.46. The normalized spacial score (nSPS) is 49.5. The Morgan fingerprint density at radius 3 is 2.90 bits per heavy atom. The first kappa shape index (κ1) is 6.14. The van der Waals surface area contributed by atoms with E-state index in [9.17, 15) is 0 Å². The molecule has 0 spiro atoms. The number of fused-ring (bicyclic) bond motifs is 1. The molecule has 0 radical (unpaired) electrons. The first-order valence-electron chi connectivity index (χ1n) is 3.97. The molecule has 0 aromatic heterocycles. The predicted octanol–water partition coefficient (Wildman–Crippen LogP) is 2.24. The molecule has 3 atom stereocenters. The highest BCUT2D eigenvalue weighted by atomic mass is 14.8. The Balaban J connectivity index is 2.14. The third-order valence-corrected chi connectivity index (χ3v) is 3.32. The summed E-state index contributed by atoms with van der Waals surface area (Å²) in [6.07, 6.45) is 4.39. The SMILES string of the molecule is C=C[C@H]1CC2(CC)C(=N)C12. The van der Waals surface area contributed by atoms with Crippen molar-refractivity contribution in [2.24, 2.45) is 17.3 Å². The van der Waals surface area contributed by atoms with Gasteiger partial charge in [0.1, 0.15) is 0 Å². The topological polar surface area (TPSA) is 23.9 Å². The van der Waals surface area contributed by atoms with Crippen molar-refractivity contribution < 1.29 is 0 Å². The molecule has 0 aromatic rings. The molecule has 2 saturated carbocycles. The van der Waals surface area contributed by atoms with Crippen LogP contribution in [0.3, 0.4) is 0 Å². The molecule has 2 rings (SSSR count). The molecule has 2 aliphatic rings. The second-order valence-corrected chi connectivity index (χ2v) is 3.50. The number of allylic oxidation sites excluding steroid dienone is 1. The van der Waals surface area contributed by atoms with Crippen LogP contribution in [0.25, 0.3) is 0 Å². The van der Waals surface area contributed by atoms with Gasteiger partial charge in [-0.1, -0.05) is 13.0 Å². The van der Waals surface area contributed by atoms with Gasteiger partial charge in [-0.05, 0) is 18.8 Å². The number of hydrogen-bond acceptors (Lipinski definition) is 1. The Kier molecular flexibility index (Phi) is 0.936. The largest absolute Gasteiger partial charge is 0.309 e. The lowest BCUT2D eigenvalue weighted by atomic mass is 9.73. The quantitative estimate of drug-likeness (QED) is 0.561. The van der Waals surface area contributed by atoms with Crippen molar-refractivity contribution in [3.05, 3.63) is 12.7 Å². The van der Waals surface area contributed by atoms with Crippen LogP contribution in [0.4, 0.5) is 0 Å². The first-order valence-corrected chi connectivity index (χ1v) is 3.97. The fourth-order valence-corrected chi connectivity index (χ4v) is 2.46. The smallest absolute Gasteiger partial charge is 0.0204 e. The molecule has 1 N–H and O–H groups in total. The van der Waals surface area contributed by atoms with Gasteiger partial charge in [-0.25, -0.2) is 0 Å². The molecule has 0 saturated heterocycles. The van der Waals surface area contributed by atoms with Gasteiger partial charge >= 0.3 is 0 Å². The minimum Gasteiger partial charge on any atom is -0.309 e. The van der Waals surface area contributed by atoms with Crippen LogP contribution in [0.1, 0.15) is 19.8 Å². The van der Waals surface area contributed by atoms with E-state index in [-0.39, 0.29) is 0 Å². The maximum absolute atomic E-state index is 7.62. The molecular formula is C9H13N. The highest BCUT2D eigenvalue weighted by Gasteiger charge is 2.70. The van der Waals surface area contributed by atoms with Crippen molar-refractivity contribution in [1.82, 2.24) is 0 Å². The van der Waals surface area contributed by atoms with Gasteiger partial charge in [0.25, 0.3) is 0 Å². The second kappa shape index (κ2) is 1.52. The standard InChI is InChI=1S/C9H13N/c1-3-6-5-9(4-2)7(6)8(9)10/h3,6-7,10H,1,4-5H2,2H3/t6-,7?,9?/m0/s1. The van der Waals surface area contributed by atoms with Crippen LogP contribution in [0, 0.1) is 22.7 Å². The monoisotopic (exact) mass is 135 g/mol. The highest BCUT2D eigenvalue weighted by Crippen LogP contribution is 2.69. The maximum Gasteiger partial charge on any atom is 0.0204 e. The molecule has 54 valence electrons. The highest BCUT2D eigenvalue weighted by molar-refractivity contribution is 6.09. The number of rotatable bonds is 2. The summed E-state index contributed by atoms with van der Waals surface area (Å²) in [7, 11) is 0. The Labute approximate surface area is 61.6 Å². The average Bonchev–Trinajstić information content (AvgIpc) is 2.31. The van der Waals surface area contributed by atoms with E-state index in [4.69, 9.17) is 5.41 Å². The van der Waals surface area contributed by atoms with Crippen LogP contribution in [0.2, 0.25) is 0 Å². The summed E-state index contributed by atoms with van der Waals surface area (Å²) >= 11 is 0. The predicted molar refractivity (Wildman–Crippen MR) is 42.2 cm³/mol. The van der Waals surface area contributed by atoms with E-state index >= 15 is 0 Å². The maximum atomic E-state index is 7.62. The molecule has 0 aromatic carbocycles. The fraction of sp³-hybridized carbons (Fsp3) is 0.667. The zero-order chi connectivity index (χ0) is 7.35. The zero-order valence-corrected chi connectivity index (χ0v) is 6.35. The molecule has 2 aliphatic carbocycles. The minimum atomic E-state index is 0.374. The summed E-state index contributed by atoms with van der Waals surface area (Å²) < 4.78 is 0. The molecule has 0 amide bonds. The lowest BCUT2D eigenvalue weighted by molar-refractivity contribution is 0.218. The van der Waals surface area contributed by atoms with Crippen molar-refractivity contribution in [1.29, 1.82) is 5.41 Å². The van der Waals surface area contributed by atoms with Gasteiger partial charge in [0.05, 0.1) is 0 Å². The van der Waals surface area contributed by atoms with Crippen molar-refractivity contribution in [3.63, 3.8) is 0 Å². The minimum absolute atomic E-state index is 0.374. The van der Waals surface area contributed by atoms with Crippen LogP contribution >= 0.6 is 0 Å². The van der Waals surface area contributed by atoms with Crippen LogP contribution < -0.4 is 0 Å². The van der Waals surface area contributed by atoms with E-state index in [1.165, 1.54) is 12.8 Å². The van der Waals surface area contributed by atoms with Crippen molar-refractivity contribution >= 4 is 5.71 Å². The van der Waals surface area contributed by atoms with Gasteiger partial charge in [0, 0.05) is 17.0 Å². The summed E-state index contributed by atoms with van der Waals surface area (Å²) in [5.41, 5.74) is 1.37. The third kappa shape index (κ3) is 0.405. The van der Waals surface area contributed by atoms with Gasteiger partial charge in [-0.2, -0.15) is 0 Å². The van der Waals surface area contributed by atoms with Gasteiger partial charge in [-0.3, -0.25) is 0 Å². The van der Waals surface area contributed by atoms with Gasteiger partial charge in [0.15, 0.2) is 0 Å². The lowest BCUT2D eigenvalue weighted by Crippen LogP contribution is -2.23. The third-order valence-electron chi connectivity index (χ3n) is 3.32. The number of nitrogens with one attached hydrogen (secondary N) is 1. The molecule has 10 heavy (non-hydrogen) atoms.